The van der Waals surface area contributed by atoms with Crippen molar-refractivity contribution in [3.05, 3.63) is 24.3 Å². The second kappa shape index (κ2) is 8.08. The number of ether oxygens (including phenoxy) is 1. The van der Waals surface area contributed by atoms with Gasteiger partial charge in [-0.2, -0.15) is 0 Å². The van der Waals surface area contributed by atoms with Crippen LogP contribution in [0, 0.1) is 0 Å². The molecule has 1 aliphatic carbocycles. The second-order valence-electron chi connectivity index (χ2n) is 5.54. The summed E-state index contributed by atoms with van der Waals surface area (Å²) in [6.07, 6.45) is 10.8. The van der Waals surface area contributed by atoms with Crippen LogP contribution in [-0.4, -0.2) is 12.6 Å². The van der Waals surface area contributed by atoms with Crippen molar-refractivity contribution in [2.24, 2.45) is 0 Å². The predicted octanol–water partition coefficient (Wildman–Crippen LogP) is 5.00. The molecule has 2 nitrogen and oxygen atoms in total. The number of hydrogen-bond donors (Lipinski definition) is 1. The number of benzene rings is 1. The summed E-state index contributed by atoms with van der Waals surface area (Å²) in [6.45, 7) is 3.32. The Hall–Kier alpha value is -1.18. The van der Waals surface area contributed by atoms with Gasteiger partial charge in [0.25, 0.3) is 0 Å². The minimum atomic E-state index is 0.452. The van der Waals surface area contributed by atoms with E-state index in [0.717, 1.165) is 12.3 Å². The quantitative estimate of drug-likeness (QED) is 0.665. The van der Waals surface area contributed by atoms with Crippen molar-refractivity contribution in [3.63, 3.8) is 0 Å². The summed E-state index contributed by atoms with van der Waals surface area (Å²) < 4.78 is 5.96. The molecule has 0 unspecified atom stereocenters. The van der Waals surface area contributed by atoms with E-state index in [9.17, 15) is 0 Å². The van der Waals surface area contributed by atoms with Crippen LogP contribution in [0.4, 0.5) is 5.69 Å². The van der Waals surface area contributed by atoms with Crippen LogP contribution < -0.4 is 10.1 Å². The van der Waals surface area contributed by atoms with Crippen molar-refractivity contribution < 1.29 is 4.74 Å². The summed E-state index contributed by atoms with van der Waals surface area (Å²) in [5.74, 6) is 1.02. The molecule has 0 aliphatic heterocycles. The normalized spacial score (nSPS) is 15.6. The Labute approximate surface area is 117 Å². The fourth-order valence-corrected chi connectivity index (χ4v) is 2.63. The lowest BCUT2D eigenvalue weighted by Gasteiger charge is -2.13. The molecule has 1 fully saturated rings. The minimum Gasteiger partial charge on any atom is -0.490 e. The highest BCUT2D eigenvalue weighted by atomic mass is 16.5. The molecule has 1 N–H and O–H groups in total. The minimum absolute atomic E-state index is 0.452. The van der Waals surface area contributed by atoms with Crippen molar-refractivity contribution >= 4 is 5.69 Å². The molecule has 0 spiro atoms. The van der Waals surface area contributed by atoms with E-state index in [1.165, 1.54) is 57.1 Å². The molecule has 19 heavy (non-hydrogen) atoms. The molecule has 0 heterocycles. The maximum Gasteiger partial charge on any atom is 0.119 e. The maximum absolute atomic E-state index is 5.96. The molecule has 1 saturated carbocycles. The van der Waals surface area contributed by atoms with E-state index in [0.29, 0.717) is 6.10 Å². The van der Waals surface area contributed by atoms with Crippen molar-refractivity contribution in [2.45, 2.75) is 64.4 Å². The molecule has 1 aliphatic rings. The van der Waals surface area contributed by atoms with E-state index < -0.39 is 0 Å². The van der Waals surface area contributed by atoms with Gasteiger partial charge in [0, 0.05) is 12.2 Å². The number of hydrogen-bond acceptors (Lipinski definition) is 2. The molecule has 2 rings (SSSR count). The van der Waals surface area contributed by atoms with E-state index in [1.54, 1.807) is 0 Å². The van der Waals surface area contributed by atoms with Crippen molar-refractivity contribution in [2.75, 3.05) is 11.9 Å². The summed E-state index contributed by atoms with van der Waals surface area (Å²) in [4.78, 5) is 0. The van der Waals surface area contributed by atoms with E-state index in [4.69, 9.17) is 4.74 Å². The maximum atomic E-state index is 5.96. The highest BCUT2D eigenvalue weighted by molar-refractivity contribution is 5.46. The third kappa shape index (κ3) is 5.14. The molecule has 0 radical (unpaired) electrons. The van der Waals surface area contributed by atoms with Crippen LogP contribution in [0.15, 0.2) is 24.3 Å². The van der Waals surface area contributed by atoms with Crippen LogP contribution in [0.3, 0.4) is 0 Å². The van der Waals surface area contributed by atoms with Crippen LogP contribution in [0.25, 0.3) is 0 Å². The van der Waals surface area contributed by atoms with Crippen LogP contribution in [0.2, 0.25) is 0 Å². The first-order chi connectivity index (χ1) is 9.38. The van der Waals surface area contributed by atoms with Crippen LogP contribution in [0.1, 0.15) is 58.3 Å². The predicted molar refractivity (Wildman–Crippen MR) is 82.0 cm³/mol. The Kier molecular flexibility index (Phi) is 6.06. The fourth-order valence-electron chi connectivity index (χ4n) is 2.63. The number of rotatable bonds is 8. The SMILES string of the molecule is CCCCCCNc1ccc(OC2CCCC2)cc1. The Morgan fingerprint density at radius 3 is 2.47 bits per heavy atom. The second-order valence-corrected chi connectivity index (χ2v) is 5.54. The van der Waals surface area contributed by atoms with Gasteiger partial charge in [-0.15, -0.1) is 0 Å². The third-order valence-corrected chi connectivity index (χ3v) is 3.82. The van der Waals surface area contributed by atoms with E-state index in [2.05, 4.69) is 36.5 Å². The molecule has 0 amide bonds. The fraction of sp³-hybridized carbons (Fsp3) is 0.647. The molecule has 0 saturated heterocycles. The first-order valence-electron chi connectivity index (χ1n) is 7.89. The van der Waals surface area contributed by atoms with Gasteiger partial charge in [-0.25, -0.2) is 0 Å². The molecule has 0 bridgehead atoms. The average Bonchev–Trinajstić information content (AvgIpc) is 2.93. The Bertz CT molecular complexity index is 341. The molecule has 1 aromatic carbocycles. The average molecular weight is 261 g/mol. The summed E-state index contributed by atoms with van der Waals surface area (Å²) >= 11 is 0. The smallest absolute Gasteiger partial charge is 0.119 e. The van der Waals surface area contributed by atoms with Crippen molar-refractivity contribution in [1.29, 1.82) is 0 Å². The Morgan fingerprint density at radius 1 is 1.05 bits per heavy atom. The Balaban J connectivity index is 1.68. The van der Waals surface area contributed by atoms with E-state index in [-0.39, 0.29) is 0 Å². The van der Waals surface area contributed by atoms with Crippen LogP contribution in [-0.2, 0) is 0 Å². The van der Waals surface area contributed by atoms with Crippen molar-refractivity contribution in [3.8, 4) is 5.75 Å². The number of nitrogens with one attached hydrogen (secondary N) is 1. The summed E-state index contributed by atoms with van der Waals surface area (Å²) in [5.41, 5.74) is 1.20. The summed E-state index contributed by atoms with van der Waals surface area (Å²) in [7, 11) is 0. The van der Waals surface area contributed by atoms with Gasteiger partial charge in [0.05, 0.1) is 6.10 Å². The third-order valence-electron chi connectivity index (χ3n) is 3.82. The van der Waals surface area contributed by atoms with Gasteiger partial charge in [0.15, 0.2) is 0 Å². The summed E-state index contributed by atoms with van der Waals surface area (Å²) in [5, 5.41) is 3.47. The summed E-state index contributed by atoms with van der Waals surface area (Å²) in [6, 6.07) is 8.44. The largest absolute Gasteiger partial charge is 0.490 e. The zero-order chi connectivity index (χ0) is 13.3. The van der Waals surface area contributed by atoms with Gasteiger partial charge in [-0.05, 0) is 56.4 Å². The zero-order valence-electron chi connectivity index (χ0n) is 12.2. The number of anilines is 1. The topological polar surface area (TPSA) is 21.3 Å². The molecule has 106 valence electrons. The highest BCUT2D eigenvalue weighted by Crippen LogP contribution is 2.24. The van der Waals surface area contributed by atoms with E-state index in [1.807, 2.05) is 0 Å². The standard InChI is InChI=1S/C17H27NO/c1-2-3-4-7-14-18-15-10-12-17(13-11-15)19-16-8-5-6-9-16/h10-13,16,18H,2-9,14H2,1H3. The molecular formula is C17H27NO. The highest BCUT2D eigenvalue weighted by Gasteiger charge is 2.16. The van der Waals surface area contributed by atoms with Crippen LogP contribution >= 0.6 is 0 Å². The lowest BCUT2D eigenvalue weighted by molar-refractivity contribution is 0.210. The van der Waals surface area contributed by atoms with Gasteiger partial charge in [-0.1, -0.05) is 26.2 Å². The van der Waals surface area contributed by atoms with Gasteiger partial charge in [-0.3, -0.25) is 0 Å². The first kappa shape index (κ1) is 14.2. The molecule has 1 aromatic rings. The molecule has 0 atom stereocenters. The Morgan fingerprint density at radius 2 is 1.79 bits per heavy atom. The van der Waals surface area contributed by atoms with Gasteiger partial charge in [0.2, 0.25) is 0 Å². The number of unbranched alkanes of at least 4 members (excludes halogenated alkanes) is 3. The lowest BCUT2D eigenvalue weighted by Crippen LogP contribution is -2.10. The van der Waals surface area contributed by atoms with Gasteiger partial charge in [0.1, 0.15) is 5.75 Å². The van der Waals surface area contributed by atoms with Crippen LogP contribution in [0.5, 0.6) is 5.75 Å². The van der Waals surface area contributed by atoms with Crippen molar-refractivity contribution in [1.82, 2.24) is 0 Å². The zero-order valence-corrected chi connectivity index (χ0v) is 12.2. The molecule has 0 aromatic heterocycles. The van der Waals surface area contributed by atoms with Gasteiger partial charge < -0.3 is 10.1 Å². The van der Waals surface area contributed by atoms with E-state index >= 15 is 0 Å². The lowest BCUT2D eigenvalue weighted by atomic mass is 10.2. The molecular weight excluding hydrogens is 234 g/mol. The molecule has 2 heteroatoms. The monoisotopic (exact) mass is 261 g/mol. The van der Waals surface area contributed by atoms with Gasteiger partial charge >= 0.3 is 0 Å². The first-order valence-corrected chi connectivity index (χ1v) is 7.89.